The number of β-amino-alcohol motifs (C(OH)–C–C–N with tert-alkyl or cyclic N) is 1. The van der Waals surface area contributed by atoms with Gasteiger partial charge in [-0.3, -0.25) is 9.59 Å². The van der Waals surface area contributed by atoms with Crippen molar-refractivity contribution >= 4 is 5.91 Å². The topological polar surface area (TPSA) is 75.4 Å². The average Bonchev–Trinajstić information content (AvgIpc) is 2.23. The van der Waals surface area contributed by atoms with E-state index in [9.17, 15) is 14.7 Å². The van der Waals surface area contributed by atoms with Crippen molar-refractivity contribution in [2.24, 2.45) is 7.05 Å². The predicted molar refractivity (Wildman–Crippen MR) is 65.5 cm³/mol. The molecule has 0 unspecified atom stereocenters. The van der Waals surface area contributed by atoms with Gasteiger partial charge in [0.15, 0.2) is 0 Å². The number of amides is 1. The fraction of sp³-hybridized carbons (Fsp3) is 0.583. The maximum absolute atomic E-state index is 12.2. The molecule has 0 radical (unpaired) electrons. The van der Waals surface area contributed by atoms with Crippen molar-refractivity contribution in [1.29, 1.82) is 0 Å². The molecule has 1 saturated heterocycles. The fourth-order valence-electron chi connectivity index (χ4n) is 2.18. The van der Waals surface area contributed by atoms with Crippen molar-refractivity contribution < 1.29 is 9.90 Å². The first kappa shape index (κ1) is 12.8. The van der Waals surface area contributed by atoms with Crippen molar-refractivity contribution in [3.63, 3.8) is 0 Å². The third kappa shape index (κ3) is 1.92. The normalized spacial score (nSPS) is 17.5. The van der Waals surface area contributed by atoms with Crippen LogP contribution in [0.1, 0.15) is 28.5 Å². The van der Waals surface area contributed by atoms with E-state index in [1.54, 1.807) is 20.8 Å². The molecule has 2 rings (SSSR count). The van der Waals surface area contributed by atoms with Crippen LogP contribution in [0.4, 0.5) is 0 Å². The highest BCUT2D eigenvalue weighted by Crippen LogP contribution is 2.22. The second-order valence-electron chi connectivity index (χ2n) is 5.17. The van der Waals surface area contributed by atoms with Gasteiger partial charge in [0, 0.05) is 7.05 Å². The number of aliphatic hydroxyl groups is 1. The number of aromatic nitrogens is 2. The minimum absolute atomic E-state index is 0.153. The van der Waals surface area contributed by atoms with Crippen molar-refractivity contribution in [2.75, 3.05) is 13.1 Å². The van der Waals surface area contributed by atoms with E-state index in [1.807, 2.05) is 0 Å². The maximum Gasteiger partial charge on any atom is 0.279 e. The number of rotatable bonds is 1. The van der Waals surface area contributed by atoms with Gasteiger partial charge < -0.3 is 10.0 Å². The number of hydrogen-bond donors (Lipinski definition) is 1. The molecule has 0 aliphatic carbocycles. The standard InChI is InChI=1S/C12H17N3O3/c1-7-8(2)13-14(4)10(16)9(7)11(17)15-5-12(3,18)6-15/h18H,5-6H2,1-4H3. The minimum Gasteiger partial charge on any atom is -0.386 e. The zero-order chi connectivity index (χ0) is 13.7. The molecule has 1 amide bonds. The molecule has 6 heteroatoms. The lowest BCUT2D eigenvalue weighted by Crippen LogP contribution is -2.62. The van der Waals surface area contributed by atoms with Crippen LogP contribution in [0.3, 0.4) is 0 Å². The molecule has 1 aliphatic rings. The van der Waals surface area contributed by atoms with E-state index in [0.29, 0.717) is 11.3 Å². The Hall–Kier alpha value is -1.69. The summed E-state index contributed by atoms with van der Waals surface area (Å²) >= 11 is 0. The highest BCUT2D eigenvalue weighted by Gasteiger charge is 2.40. The van der Waals surface area contributed by atoms with E-state index in [0.717, 1.165) is 0 Å². The average molecular weight is 251 g/mol. The zero-order valence-electron chi connectivity index (χ0n) is 11.0. The molecule has 1 aromatic heterocycles. The van der Waals surface area contributed by atoms with E-state index in [4.69, 9.17) is 0 Å². The van der Waals surface area contributed by atoms with Crippen molar-refractivity contribution in [3.8, 4) is 0 Å². The molecule has 1 aliphatic heterocycles. The molecule has 0 spiro atoms. The highest BCUT2D eigenvalue weighted by atomic mass is 16.3. The lowest BCUT2D eigenvalue weighted by Gasteiger charge is -2.44. The first-order chi connectivity index (χ1) is 8.23. The van der Waals surface area contributed by atoms with Crippen LogP contribution in [0.2, 0.25) is 0 Å². The van der Waals surface area contributed by atoms with Crippen molar-refractivity contribution in [3.05, 3.63) is 27.2 Å². The van der Waals surface area contributed by atoms with E-state index < -0.39 is 11.2 Å². The smallest absolute Gasteiger partial charge is 0.279 e. The van der Waals surface area contributed by atoms with E-state index in [1.165, 1.54) is 16.6 Å². The Morgan fingerprint density at radius 1 is 1.39 bits per heavy atom. The van der Waals surface area contributed by atoms with E-state index in [2.05, 4.69) is 5.10 Å². The third-order valence-corrected chi connectivity index (χ3v) is 3.29. The molecule has 0 saturated carbocycles. The summed E-state index contributed by atoms with van der Waals surface area (Å²) in [5.74, 6) is -0.329. The number of likely N-dealkylation sites (tertiary alicyclic amines) is 1. The molecule has 0 bridgehead atoms. The number of carbonyl (C=O) groups excluding carboxylic acids is 1. The van der Waals surface area contributed by atoms with Crippen LogP contribution >= 0.6 is 0 Å². The Balaban J connectivity index is 2.40. The van der Waals surface area contributed by atoms with E-state index >= 15 is 0 Å². The second-order valence-corrected chi connectivity index (χ2v) is 5.17. The van der Waals surface area contributed by atoms with E-state index in [-0.39, 0.29) is 24.6 Å². The van der Waals surface area contributed by atoms with Crippen molar-refractivity contribution in [1.82, 2.24) is 14.7 Å². The van der Waals surface area contributed by atoms with Gasteiger partial charge in [-0.05, 0) is 26.3 Å². The molecular formula is C12H17N3O3. The lowest BCUT2D eigenvalue weighted by molar-refractivity contribution is -0.0669. The Kier molecular flexibility index (Phi) is 2.77. The zero-order valence-corrected chi connectivity index (χ0v) is 11.0. The summed E-state index contributed by atoms with van der Waals surface area (Å²) in [4.78, 5) is 25.7. The molecule has 98 valence electrons. The van der Waals surface area contributed by atoms with Crippen LogP contribution in [0.15, 0.2) is 4.79 Å². The van der Waals surface area contributed by atoms with Crippen molar-refractivity contribution in [2.45, 2.75) is 26.4 Å². The summed E-state index contributed by atoms with van der Waals surface area (Å²) in [6.07, 6.45) is 0. The SMILES string of the molecule is Cc1nn(C)c(=O)c(C(=O)N2CC(C)(O)C2)c1C. The molecule has 0 aromatic carbocycles. The first-order valence-electron chi connectivity index (χ1n) is 5.79. The van der Waals surface area contributed by atoms with Crippen LogP contribution in [0.25, 0.3) is 0 Å². The number of nitrogens with zero attached hydrogens (tertiary/aromatic N) is 3. The number of hydrogen-bond acceptors (Lipinski definition) is 4. The Labute approximate surface area is 105 Å². The van der Waals surface area contributed by atoms with Gasteiger partial charge in [0.2, 0.25) is 0 Å². The van der Waals surface area contributed by atoms with Gasteiger partial charge >= 0.3 is 0 Å². The van der Waals surface area contributed by atoms with Gasteiger partial charge in [-0.25, -0.2) is 4.68 Å². The molecule has 1 fully saturated rings. The summed E-state index contributed by atoms with van der Waals surface area (Å²) in [5, 5.41) is 13.7. The molecule has 2 heterocycles. The monoisotopic (exact) mass is 251 g/mol. The molecule has 1 aromatic rings. The van der Waals surface area contributed by atoms with Gasteiger partial charge in [0.05, 0.1) is 24.4 Å². The number of aryl methyl sites for hydroxylation is 2. The predicted octanol–water partition coefficient (Wildman–Crippen LogP) is -0.396. The summed E-state index contributed by atoms with van der Waals surface area (Å²) < 4.78 is 1.17. The van der Waals surface area contributed by atoms with Gasteiger partial charge in [0.25, 0.3) is 11.5 Å². The van der Waals surface area contributed by atoms with Gasteiger partial charge in [0.1, 0.15) is 5.56 Å². The Morgan fingerprint density at radius 3 is 2.44 bits per heavy atom. The molecule has 6 nitrogen and oxygen atoms in total. The van der Waals surface area contributed by atoms with Crippen LogP contribution in [0, 0.1) is 13.8 Å². The summed E-state index contributed by atoms with van der Waals surface area (Å²) in [5.41, 5.74) is 0.189. The number of carbonyl (C=O) groups is 1. The Bertz CT molecular complexity index is 567. The minimum atomic E-state index is -0.836. The largest absolute Gasteiger partial charge is 0.386 e. The summed E-state index contributed by atoms with van der Waals surface area (Å²) in [6, 6.07) is 0. The van der Waals surface area contributed by atoms with Gasteiger partial charge in [-0.2, -0.15) is 5.10 Å². The first-order valence-corrected chi connectivity index (χ1v) is 5.79. The van der Waals surface area contributed by atoms with Crippen LogP contribution < -0.4 is 5.56 Å². The highest BCUT2D eigenvalue weighted by molar-refractivity contribution is 5.96. The summed E-state index contributed by atoms with van der Waals surface area (Å²) in [6.45, 7) is 5.66. The van der Waals surface area contributed by atoms with Gasteiger partial charge in [-0.15, -0.1) is 0 Å². The summed E-state index contributed by atoms with van der Waals surface area (Å²) in [7, 11) is 1.53. The molecule has 1 N–H and O–H groups in total. The maximum atomic E-state index is 12.2. The van der Waals surface area contributed by atoms with Gasteiger partial charge in [-0.1, -0.05) is 0 Å². The fourth-order valence-corrected chi connectivity index (χ4v) is 2.18. The second kappa shape index (κ2) is 3.91. The van der Waals surface area contributed by atoms with Crippen LogP contribution in [-0.4, -0.2) is 44.4 Å². The van der Waals surface area contributed by atoms with Crippen LogP contribution in [0.5, 0.6) is 0 Å². The molecular weight excluding hydrogens is 234 g/mol. The van der Waals surface area contributed by atoms with Crippen LogP contribution in [-0.2, 0) is 7.05 Å². The lowest BCUT2D eigenvalue weighted by atomic mass is 9.95. The quantitative estimate of drug-likeness (QED) is 0.737. The Morgan fingerprint density at radius 2 is 1.94 bits per heavy atom. The third-order valence-electron chi connectivity index (χ3n) is 3.29. The molecule has 0 atom stereocenters. The molecule has 18 heavy (non-hydrogen) atoms.